The number of methoxy groups -OCH3 is 2. The van der Waals surface area contributed by atoms with Crippen LogP contribution in [-0.4, -0.2) is 52.4 Å². The maximum absolute atomic E-state index is 13.7. The summed E-state index contributed by atoms with van der Waals surface area (Å²) >= 11 is 12.8. The summed E-state index contributed by atoms with van der Waals surface area (Å²) in [6, 6.07) is 17.7. The largest absolute Gasteiger partial charge is 0.497 e. The molecule has 210 valence electrons. The summed E-state index contributed by atoms with van der Waals surface area (Å²) in [5, 5.41) is 8.56. The van der Waals surface area contributed by atoms with E-state index in [2.05, 4.69) is 10.3 Å². The van der Waals surface area contributed by atoms with Gasteiger partial charge in [0, 0.05) is 16.8 Å². The van der Waals surface area contributed by atoms with E-state index in [1.807, 2.05) is 55.5 Å². The average molecular weight is 592 g/mol. The monoisotopic (exact) mass is 591 g/mol. The Balaban J connectivity index is 1.67. The molecule has 5 rings (SSSR count). The predicted molar refractivity (Wildman–Crippen MR) is 157 cm³/mol. The zero-order chi connectivity index (χ0) is 29.1. The van der Waals surface area contributed by atoms with E-state index in [0.29, 0.717) is 38.4 Å². The molecule has 1 N–H and O–H groups in total. The van der Waals surface area contributed by atoms with Crippen molar-refractivity contribution < 1.29 is 19.1 Å². The highest BCUT2D eigenvalue weighted by Crippen LogP contribution is 2.36. The minimum Gasteiger partial charge on any atom is -0.497 e. The Hall–Kier alpha value is -4.34. The van der Waals surface area contributed by atoms with E-state index in [9.17, 15) is 9.59 Å². The van der Waals surface area contributed by atoms with Crippen LogP contribution in [-0.2, 0) is 11.3 Å². The molecule has 0 bridgehead atoms. The number of aromatic nitrogens is 3. The summed E-state index contributed by atoms with van der Waals surface area (Å²) in [7, 11) is 2.93. The van der Waals surface area contributed by atoms with E-state index >= 15 is 0 Å². The average Bonchev–Trinajstić information content (AvgIpc) is 3.37. The Labute approximate surface area is 247 Å². The summed E-state index contributed by atoms with van der Waals surface area (Å²) in [5.74, 6) is 0.297. The second-order valence-electron chi connectivity index (χ2n) is 9.40. The maximum atomic E-state index is 13.7. The highest BCUT2D eigenvalue weighted by molar-refractivity contribution is 6.35. The molecule has 0 spiro atoms. The number of rotatable bonds is 6. The third kappa shape index (κ3) is 5.91. The molecule has 9 nitrogen and oxygen atoms in total. The van der Waals surface area contributed by atoms with Crippen LogP contribution >= 0.6 is 23.2 Å². The van der Waals surface area contributed by atoms with Crippen LogP contribution in [0.1, 0.15) is 46.0 Å². The predicted octanol–water partition coefficient (Wildman–Crippen LogP) is 6.20. The minimum absolute atomic E-state index is 0.105. The quantitative estimate of drug-likeness (QED) is 0.287. The SMILES string of the molecule is COC(=O)N1CC(=Cc2ccc(OC)cc2)c2c(c(C(=O)N[C@H](C)c3ccccn3)nn2-c2ccc(Cl)cc2Cl)C1. The van der Waals surface area contributed by atoms with Crippen LogP contribution in [0, 0.1) is 0 Å². The lowest BCUT2D eigenvalue weighted by atomic mass is 9.97. The number of nitrogens with zero attached hydrogens (tertiary/aromatic N) is 4. The fourth-order valence-corrected chi connectivity index (χ4v) is 5.20. The van der Waals surface area contributed by atoms with Crippen molar-refractivity contribution in [3.63, 3.8) is 0 Å². The molecule has 2 aromatic heterocycles. The van der Waals surface area contributed by atoms with Gasteiger partial charge in [0.15, 0.2) is 5.69 Å². The van der Waals surface area contributed by atoms with Crippen molar-refractivity contribution >= 4 is 46.9 Å². The van der Waals surface area contributed by atoms with Gasteiger partial charge in [-0.3, -0.25) is 14.7 Å². The normalized spacial score (nSPS) is 14.4. The smallest absolute Gasteiger partial charge is 0.410 e. The van der Waals surface area contributed by atoms with Crippen LogP contribution in [0.25, 0.3) is 17.3 Å². The lowest BCUT2D eigenvalue weighted by Gasteiger charge is -2.29. The topological polar surface area (TPSA) is 98.6 Å². The highest BCUT2D eigenvalue weighted by Gasteiger charge is 2.34. The van der Waals surface area contributed by atoms with Gasteiger partial charge in [0.05, 0.1) is 55.4 Å². The van der Waals surface area contributed by atoms with Gasteiger partial charge in [-0.1, -0.05) is 41.4 Å². The second-order valence-corrected chi connectivity index (χ2v) is 10.2. The summed E-state index contributed by atoms with van der Waals surface area (Å²) in [5.41, 5.74) is 4.20. The molecule has 0 fully saturated rings. The summed E-state index contributed by atoms with van der Waals surface area (Å²) < 4.78 is 12.0. The highest BCUT2D eigenvalue weighted by atomic mass is 35.5. The Morgan fingerprint density at radius 1 is 1.05 bits per heavy atom. The molecule has 0 unspecified atom stereocenters. The van der Waals surface area contributed by atoms with Crippen molar-refractivity contribution in [1.82, 2.24) is 25.0 Å². The number of fused-ring (bicyclic) bond motifs is 1. The van der Waals surface area contributed by atoms with Gasteiger partial charge >= 0.3 is 6.09 Å². The fraction of sp³-hybridized carbons (Fsp3) is 0.200. The molecule has 0 saturated carbocycles. The molecule has 1 aliphatic heterocycles. The van der Waals surface area contributed by atoms with Gasteiger partial charge in [0.25, 0.3) is 5.91 Å². The molecule has 4 aromatic rings. The first-order valence-electron chi connectivity index (χ1n) is 12.8. The van der Waals surface area contributed by atoms with Crippen LogP contribution in [0.2, 0.25) is 10.0 Å². The zero-order valence-corrected chi connectivity index (χ0v) is 24.1. The van der Waals surface area contributed by atoms with Gasteiger partial charge in [-0.15, -0.1) is 0 Å². The number of halogens is 2. The molecule has 0 aliphatic carbocycles. The first kappa shape index (κ1) is 28.2. The van der Waals surface area contributed by atoms with Crippen molar-refractivity contribution in [2.24, 2.45) is 0 Å². The lowest BCUT2D eigenvalue weighted by Crippen LogP contribution is -2.36. The number of pyridine rings is 1. The Bertz CT molecular complexity index is 1620. The van der Waals surface area contributed by atoms with Gasteiger partial charge in [0.1, 0.15) is 5.75 Å². The van der Waals surface area contributed by atoms with Gasteiger partial charge < -0.3 is 14.8 Å². The third-order valence-corrected chi connectivity index (χ3v) is 7.26. The number of carbonyl (C=O) groups excluding carboxylic acids is 2. The van der Waals surface area contributed by atoms with E-state index in [-0.39, 0.29) is 18.8 Å². The van der Waals surface area contributed by atoms with E-state index in [4.69, 9.17) is 37.8 Å². The Morgan fingerprint density at radius 2 is 1.83 bits per heavy atom. The molecular weight excluding hydrogens is 565 g/mol. The number of benzene rings is 2. The maximum Gasteiger partial charge on any atom is 0.410 e. The number of amides is 2. The minimum atomic E-state index is -0.526. The summed E-state index contributed by atoms with van der Waals surface area (Å²) in [6.07, 6.45) is 3.08. The Morgan fingerprint density at radius 3 is 2.49 bits per heavy atom. The van der Waals surface area contributed by atoms with Crippen molar-refractivity contribution in [2.75, 3.05) is 20.8 Å². The second kappa shape index (κ2) is 12.0. The lowest BCUT2D eigenvalue weighted by molar-refractivity contribution is 0.0929. The molecule has 3 heterocycles. The Kier molecular flexibility index (Phi) is 8.28. The third-order valence-electron chi connectivity index (χ3n) is 6.72. The standard InChI is InChI=1S/C30H27Cl2N5O4/c1-18(25-6-4-5-13-33-25)34-29(38)27-23-17-36(30(39)41-3)16-20(14-19-7-10-22(40-2)11-8-19)28(23)37(35-27)26-12-9-21(31)15-24(26)32/h4-15,18H,16-17H2,1-3H3,(H,34,38)/t18-/m1/s1. The van der Waals surface area contributed by atoms with Crippen LogP contribution < -0.4 is 10.1 Å². The first-order valence-corrected chi connectivity index (χ1v) is 13.5. The van der Waals surface area contributed by atoms with E-state index in [1.165, 1.54) is 12.0 Å². The van der Waals surface area contributed by atoms with E-state index in [0.717, 1.165) is 11.1 Å². The zero-order valence-electron chi connectivity index (χ0n) is 22.6. The van der Waals surface area contributed by atoms with Crippen LogP contribution in [0.3, 0.4) is 0 Å². The van der Waals surface area contributed by atoms with Crippen LogP contribution in [0.5, 0.6) is 5.75 Å². The van der Waals surface area contributed by atoms with Gasteiger partial charge in [-0.05, 0) is 66.6 Å². The van der Waals surface area contributed by atoms with E-state index in [1.54, 1.807) is 36.2 Å². The number of hydrogen-bond donors (Lipinski definition) is 1. The fourth-order valence-electron chi connectivity index (χ4n) is 4.71. The molecular formula is C30H27Cl2N5O4. The molecule has 41 heavy (non-hydrogen) atoms. The summed E-state index contributed by atoms with van der Waals surface area (Å²) in [4.78, 5) is 32.4. The van der Waals surface area contributed by atoms with Gasteiger partial charge in [-0.2, -0.15) is 5.10 Å². The molecule has 1 atom stereocenters. The van der Waals surface area contributed by atoms with Crippen LogP contribution in [0.4, 0.5) is 4.79 Å². The molecule has 0 saturated heterocycles. The number of hydrogen-bond acceptors (Lipinski definition) is 6. The van der Waals surface area contributed by atoms with Gasteiger partial charge in [-0.25, -0.2) is 9.48 Å². The number of carbonyl (C=O) groups is 2. The van der Waals surface area contributed by atoms with Crippen molar-refractivity contribution in [3.05, 3.63) is 105 Å². The summed E-state index contributed by atoms with van der Waals surface area (Å²) in [6.45, 7) is 2.16. The molecule has 2 amide bonds. The van der Waals surface area contributed by atoms with Crippen molar-refractivity contribution in [1.29, 1.82) is 0 Å². The number of nitrogens with one attached hydrogen (secondary N) is 1. The molecule has 2 aromatic carbocycles. The van der Waals surface area contributed by atoms with Crippen molar-refractivity contribution in [3.8, 4) is 11.4 Å². The molecule has 11 heteroatoms. The molecule has 0 radical (unpaired) electrons. The van der Waals surface area contributed by atoms with Gasteiger partial charge in [0.2, 0.25) is 0 Å². The molecule has 1 aliphatic rings. The van der Waals surface area contributed by atoms with Crippen molar-refractivity contribution in [2.45, 2.75) is 19.5 Å². The number of ether oxygens (including phenoxy) is 2. The van der Waals surface area contributed by atoms with Crippen LogP contribution in [0.15, 0.2) is 66.9 Å². The van der Waals surface area contributed by atoms with E-state index < -0.39 is 18.0 Å². The first-order chi connectivity index (χ1) is 19.8.